The van der Waals surface area contributed by atoms with Crippen molar-refractivity contribution >= 4 is 29.2 Å². The molecule has 0 fully saturated rings. The number of hydrogen-bond acceptors (Lipinski definition) is 5. The summed E-state index contributed by atoms with van der Waals surface area (Å²) in [4.78, 5) is 23.5. The molecule has 1 unspecified atom stereocenters. The van der Waals surface area contributed by atoms with E-state index < -0.39 is 18.0 Å². The summed E-state index contributed by atoms with van der Waals surface area (Å²) in [6.45, 7) is 2.21. The number of nitrogen functional groups attached to an aromatic ring is 1. The van der Waals surface area contributed by atoms with E-state index in [2.05, 4.69) is 5.32 Å². The smallest absolute Gasteiger partial charge is 0.340 e. The summed E-state index contributed by atoms with van der Waals surface area (Å²) in [7, 11) is 1.53. The number of ether oxygens (including phenoxy) is 2. The summed E-state index contributed by atoms with van der Waals surface area (Å²) in [6, 6.07) is 4.43. The number of rotatable bonds is 6. The predicted molar refractivity (Wildman–Crippen MR) is 75.6 cm³/mol. The number of carbonyl (C=O) groups is 2. The zero-order chi connectivity index (χ0) is 15.1. The Bertz CT molecular complexity index is 493. The van der Waals surface area contributed by atoms with E-state index >= 15 is 0 Å². The van der Waals surface area contributed by atoms with Crippen molar-refractivity contribution in [3.05, 3.63) is 28.8 Å². The van der Waals surface area contributed by atoms with E-state index in [9.17, 15) is 9.59 Å². The Hall–Kier alpha value is -1.79. The molecule has 0 radical (unpaired) electrons. The highest BCUT2D eigenvalue weighted by molar-refractivity contribution is 6.33. The van der Waals surface area contributed by atoms with Crippen molar-refractivity contribution < 1.29 is 19.1 Å². The number of hydrogen-bond donors (Lipinski definition) is 2. The summed E-state index contributed by atoms with van der Waals surface area (Å²) >= 11 is 5.89. The van der Waals surface area contributed by atoms with Crippen molar-refractivity contribution in [2.45, 2.75) is 13.0 Å². The minimum atomic E-state index is -0.923. The fraction of sp³-hybridized carbons (Fsp3) is 0.385. The number of benzene rings is 1. The van der Waals surface area contributed by atoms with Crippen molar-refractivity contribution in [1.29, 1.82) is 0 Å². The van der Waals surface area contributed by atoms with Gasteiger partial charge < -0.3 is 20.5 Å². The van der Waals surface area contributed by atoms with E-state index in [1.165, 1.54) is 32.2 Å². The van der Waals surface area contributed by atoms with Crippen LogP contribution in [0, 0.1) is 0 Å². The lowest BCUT2D eigenvalue weighted by Gasteiger charge is -2.14. The average molecular weight is 301 g/mol. The van der Waals surface area contributed by atoms with Gasteiger partial charge in [0.2, 0.25) is 0 Å². The molecule has 0 aliphatic heterocycles. The molecule has 1 rings (SSSR count). The van der Waals surface area contributed by atoms with E-state index in [0.717, 1.165) is 0 Å². The van der Waals surface area contributed by atoms with Crippen molar-refractivity contribution in [3.63, 3.8) is 0 Å². The van der Waals surface area contributed by atoms with Crippen molar-refractivity contribution in [3.8, 4) is 0 Å². The van der Waals surface area contributed by atoms with Gasteiger partial charge in [0.1, 0.15) is 0 Å². The second-order valence-corrected chi connectivity index (χ2v) is 4.48. The van der Waals surface area contributed by atoms with Gasteiger partial charge in [-0.15, -0.1) is 0 Å². The first-order valence-electron chi connectivity index (χ1n) is 5.98. The number of esters is 1. The van der Waals surface area contributed by atoms with Gasteiger partial charge >= 0.3 is 5.97 Å². The lowest BCUT2D eigenvalue weighted by atomic mass is 10.2. The zero-order valence-electron chi connectivity index (χ0n) is 11.3. The maximum Gasteiger partial charge on any atom is 0.340 e. The first kappa shape index (κ1) is 16.3. The number of amides is 1. The Morgan fingerprint density at radius 1 is 1.45 bits per heavy atom. The molecule has 0 heterocycles. The minimum Gasteiger partial charge on any atom is -0.449 e. The summed E-state index contributed by atoms with van der Waals surface area (Å²) in [6.07, 6.45) is -0.923. The minimum absolute atomic E-state index is 0.164. The van der Waals surface area contributed by atoms with Crippen LogP contribution in [0.1, 0.15) is 17.3 Å². The molecule has 0 saturated heterocycles. The quantitative estimate of drug-likeness (QED) is 0.468. The van der Waals surface area contributed by atoms with Gasteiger partial charge in [-0.05, 0) is 25.1 Å². The van der Waals surface area contributed by atoms with Gasteiger partial charge in [0, 0.05) is 19.3 Å². The van der Waals surface area contributed by atoms with Crippen LogP contribution in [-0.2, 0) is 14.3 Å². The third-order valence-electron chi connectivity index (χ3n) is 2.47. The summed E-state index contributed by atoms with van der Waals surface area (Å²) in [5.74, 6) is -1.08. The number of anilines is 1. The molecule has 7 heteroatoms. The summed E-state index contributed by atoms with van der Waals surface area (Å²) in [5.41, 5.74) is 6.14. The van der Waals surface area contributed by atoms with Crippen molar-refractivity contribution in [1.82, 2.24) is 5.32 Å². The van der Waals surface area contributed by atoms with Gasteiger partial charge in [-0.1, -0.05) is 11.6 Å². The molecular formula is C13H17ClN2O4. The Balaban J connectivity index is 2.58. The molecule has 0 bridgehead atoms. The molecule has 0 aromatic heterocycles. The van der Waals surface area contributed by atoms with Crippen LogP contribution in [0.4, 0.5) is 5.69 Å². The highest BCUT2D eigenvalue weighted by atomic mass is 35.5. The van der Waals surface area contributed by atoms with Gasteiger partial charge in [0.05, 0.1) is 17.2 Å². The lowest BCUT2D eigenvalue weighted by molar-refractivity contribution is -0.129. The summed E-state index contributed by atoms with van der Waals surface area (Å²) in [5, 5.41) is 2.75. The Morgan fingerprint density at radius 3 is 2.75 bits per heavy atom. The van der Waals surface area contributed by atoms with Crippen molar-refractivity contribution in [2.24, 2.45) is 0 Å². The Morgan fingerprint density at radius 2 is 2.15 bits per heavy atom. The molecule has 1 aromatic carbocycles. The van der Waals surface area contributed by atoms with Crippen LogP contribution < -0.4 is 11.1 Å². The van der Waals surface area contributed by atoms with Gasteiger partial charge in [0.15, 0.2) is 6.10 Å². The monoisotopic (exact) mass is 300 g/mol. The summed E-state index contributed by atoms with van der Waals surface area (Å²) < 4.78 is 9.83. The number of halogens is 1. The van der Waals surface area contributed by atoms with Gasteiger partial charge in [-0.25, -0.2) is 4.79 Å². The highest BCUT2D eigenvalue weighted by Crippen LogP contribution is 2.20. The predicted octanol–water partition coefficient (Wildman–Crippen LogP) is 1.23. The van der Waals surface area contributed by atoms with Crippen LogP contribution in [0.3, 0.4) is 0 Å². The van der Waals surface area contributed by atoms with Crippen LogP contribution in [0.2, 0.25) is 5.02 Å². The normalized spacial score (nSPS) is 11.8. The van der Waals surface area contributed by atoms with Gasteiger partial charge in [0.25, 0.3) is 5.91 Å². The third-order valence-corrected chi connectivity index (χ3v) is 2.78. The Kier molecular flexibility index (Phi) is 6.27. The lowest BCUT2D eigenvalue weighted by Crippen LogP contribution is -2.37. The highest BCUT2D eigenvalue weighted by Gasteiger charge is 2.20. The third kappa shape index (κ3) is 4.71. The van der Waals surface area contributed by atoms with Crippen molar-refractivity contribution in [2.75, 3.05) is 26.0 Å². The van der Waals surface area contributed by atoms with Crippen LogP contribution in [0.25, 0.3) is 0 Å². The molecule has 110 valence electrons. The van der Waals surface area contributed by atoms with Crippen LogP contribution >= 0.6 is 11.6 Å². The van der Waals surface area contributed by atoms with Gasteiger partial charge in [-0.2, -0.15) is 0 Å². The topological polar surface area (TPSA) is 90.6 Å². The molecule has 0 aliphatic rings. The van der Waals surface area contributed by atoms with E-state index in [1.807, 2.05) is 0 Å². The zero-order valence-corrected chi connectivity index (χ0v) is 12.1. The standard InChI is InChI=1S/C13H17ClN2O4/c1-8(12(17)16-5-6-19-2)20-13(18)10-4-3-9(15)7-11(10)14/h3-4,7-8H,5-6,15H2,1-2H3,(H,16,17). The maximum absolute atomic E-state index is 11.9. The first-order chi connectivity index (χ1) is 9.45. The number of nitrogens with two attached hydrogens (primary N) is 1. The van der Waals surface area contributed by atoms with E-state index in [1.54, 1.807) is 0 Å². The molecule has 0 saturated carbocycles. The molecule has 1 atom stereocenters. The maximum atomic E-state index is 11.9. The molecule has 20 heavy (non-hydrogen) atoms. The second-order valence-electron chi connectivity index (χ2n) is 4.07. The molecule has 1 amide bonds. The molecule has 0 spiro atoms. The SMILES string of the molecule is COCCNC(=O)C(C)OC(=O)c1ccc(N)cc1Cl. The molecule has 0 aliphatic carbocycles. The molecule has 3 N–H and O–H groups in total. The van der Waals surface area contributed by atoms with Crippen LogP contribution in [0.15, 0.2) is 18.2 Å². The first-order valence-corrected chi connectivity index (χ1v) is 6.36. The Labute approximate surface area is 122 Å². The fourth-order valence-electron chi connectivity index (χ4n) is 1.39. The molecule has 6 nitrogen and oxygen atoms in total. The van der Waals surface area contributed by atoms with Crippen LogP contribution in [0.5, 0.6) is 0 Å². The van der Waals surface area contributed by atoms with E-state index in [0.29, 0.717) is 18.8 Å². The van der Waals surface area contributed by atoms with Crippen LogP contribution in [-0.4, -0.2) is 38.2 Å². The average Bonchev–Trinajstić information content (AvgIpc) is 2.38. The van der Waals surface area contributed by atoms with Gasteiger partial charge in [-0.3, -0.25) is 4.79 Å². The fourth-order valence-corrected chi connectivity index (χ4v) is 1.66. The van der Waals surface area contributed by atoms with E-state index in [4.69, 9.17) is 26.8 Å². The number of methoxy groups -OCH3 is 1. The number of nitrogens with one attached hydrogen (secondary N) is 1. The largest absolute Gasteiger partial charge is 0.449 e. The number of carbonyl (C=O) groups excluding carboxylic acids is 2. The molecular weight excluding hydrogens is 284 g/mol. The second kappa shape index (κ2) is 7.72. The molecule has 1 aromatic rings. The van der Waals surface area contributed by atoms with E-state index in [-0.39, 0.29) is 10.6 Å².